The molecule has 25 heavy (non-hydrogen) atoms. The van der Waals surface area contributed by atoms with Gasteiger partial charge in [-0.3, -0.25) is 9.40 Å². The van der Waals surface area contributed by atoms with Gasteiger partial charge in [0.25, 0.3) is 0 Å². The summed E-state index contributed by atoms with van der Waals surface area (Å²) < 4.78 is 28.6. The van der Waals surface area contributed by atoms with Gasteiger partial charge in [0, 0.05) is 6.20 Å². The lowest BCUT2D eigenvalue weighted by Gasteiger charge is -2.06. The third-order valence-corrected chi connectivity index (χ3v) is 4.77. The first kappa shape index (κ1) is 16.7. The number of benzene rings is 2. The lowest BCUT2D eigenvalue weighted by atomic mass is 10.1. The average Bonchev–Trinajstić information content (AvgIpc) is 3.01. The van der Waals surface area contributed by atoms with Gasteiger partial charge in [0.05, 0.1) is 35.8 Å². The highest BCUT2D eigenvalue weighted by molar-refractivity contribution is 7.91. The predicted octanol–water partition coefficient (Wildman–Crippen LogP) is 2.74. The Bertz CT molecular complexity index is 1000. The van der Waals surface area contributed by atoms with Crippen molar-refractivity contribution in [3.05, 3.63) is 83.7 Å². The van der Waals surface area contributed by atoms with Gasteiger partial charge in [-0.15, -0.1) is 0 Å². The molecule has 0 saturated heterocycles. The molecular weight excluding hydrogens is 336 g/mol. The number of hydrogen-bond acceptors (Lipinski definition) is 4. The fourth-order valence-corrected chi connectivity index (χ4v) is 3.61. The normalized spacial score (nSPS) is 11.0. The van der Waals surface area contributed by atoms with E-state index in [-0.39, 0.29) is 5.75 Å². The van der Waals surface area contributed by atoms with Crippen LogP contribution in [0.1, 0.15) is 16.7 Å². The predicted molar refractivity (Wildman–Crippen MR) is 95.2 cm³/mol. The standard InChI is InChI=1S/C18H16N4O2S/c19-10-16-7-4-8-17(9-16)12-22-13-18(11-20-22)21-25(23,24)14-15-5-2-1-3-6-15/h1-9,11,13,21H,12,14H2. The van der Waals surface area contributed by atoms with Gasteiger partial charge in [0.1, 0.15) is 0 Å². The number of anilines is 1. The summed E-state index contributed by atoms with van der Waals surface area (Å²) in [5.41, 5.74) is 2.62. The summed E-state index contributed by atoms with van der Waals surface area (Å²) in [6.45, 7) is 0.454. The van der Waals surface area contributed by atoms with Crippen LogP contribution in [0.3, 0.4) is 0 Å². The number of sulfonamides is 1. The van der Waals surface area contributed by atoms with E-state index in [9.17, 15) is 8.42 Å². The van der Waals surface area contributed by atoms with Crippen molar-refractivity contribution in [3.8, 4) is 6.07 Å². The van der Waals surface area contributed by atoms with Crippen molar-refractivity contribution in [2.24, 2.45) is 0 Å². The van der Waals surface area contributed by atoms with Crippen LogP contribution in [0.4, 0.5) is 5.69 Å². The molecule has 0 fully saturated rings. The van der Waals surface area contributed by atoms with Crippen LogP contribution in [0.15, 0.2) is 67.0 Å². The molecule has 6 nitrogen and oxygen atoms in total. The van der Waals surface area contributed by atoms with Gasteiger partial charge in [0.15, 0.2) is 0 Å². The molecule has 0 bridgehead atoms. The summed E-state index contributed by atoms with van der Waals surface area (Å²) in [5.74, 6) is -0.0940. The minimum Gasteiger partial charge on any atom is -0.280 e. The summed E-state index contributed by atoms with van der Waals surface area (Å²) in [6, 6.07) is 18.3. The first-order chi connectivity index (χ1) is 12.0. The Morgan fingerprint density at radius 3 is 2.60 bits per heavy atom. The number of aromatic nitrogens is 2. The molecule has 0 aliphatic rings. The van der Waals surface area contributed by atoms with Crippen LogP contribution in [-0.4, -0.2) is 18.2 Å². The summed E-state index contributed by atoms with van der Waals surface area (Å²) in [4.78, 5) is 0. The molecule has 126 valence electrons. The average molecular weight is 352 g/mol. The topological polar surface area (TPSA) is 87.8 Å². The number of nitrogens with zero attached hydrogens (tertiary/aromatic N) is 3. The van der Waals surface area contributed by atoms with Crippen molar-refractivity contribution in [2.75, 3.05) is 4.72 Å². The second kappa shape index (κ2) is 7.20. The molecule has 0 amide bonds. The molecule has 1 heterocycles. The van der Waals surface area contributed by atoms with E-state index in [1.165, 1.54) is 6.20 Å². The van der Waals surface area contributed by atoms with E-state index in [4.69, 9.17) is 5.26 Å². The van der Waals surface area contributed by atoms with Crippen LogP contribution in [0, 0.1) is 11.3 Å². The van der Waals surface area contributed by atoms with Crippen molar-refractivity contribution in [1.29, 1.82) is 5.26 Å². The summed E-state index contributed by atoms with van der Waals surface area (Å²) in [7, 11) is -3.50. The quantitative estimate of drug-likeness (QED) is 0.739. The zero-order valence-corrected chi connectivity index (χ0v) is 14.1. The van der Waals surface area contributed by atoms with Crippen LogP contribution < -0.4 is 4.72 Å². The molecular formula is C18H16N4O2S. The minimum absolute atomic E-state index is 0.0940. The maximum atomic E-state index is 12.2. The van der Waals surface area contributed by atoms with E-state index in [0.29, 0.717) is 17.8 Å². The second-order valence-electron chi connectivity index (χ2n) is 5.59. The highest BCUT2D eigenvalue weighted by Gasteiger charge is 2.13. The maximum absolute atomic E-state index is 12.2. The molecule has 3 rings (SSSR count). The third-order valence-electron chi connectivity index (χ3n) is 3.51. The third kappa shape index (κ3) is 4.68. The van der Waals surface area contributed by atoms with Crippen LogP contribution in [0.2, 0.25) is 0 Å². The summed E-state index contributed by atoms with van der Waals surface area (Å²) in [6.07, 6.45) is 3.10. The van der Waals surface area contributed by atoms with Crippen molar-refractivity contribution in [2.45, 2.75) is 12.3 Å². The Kier molecular flexibility index (Phi) is 4.82. The maximum Gasteiger partial charge on any atom is 0.237 e. The lowest BCUT2D eigenvalue weighted by molar-refractivity contribution is 0.600. The van der Waals surface area contributed by atoms with Gasteiger partial charge < -0.3 is 0 Å². The fourth-order valence-electron chi connectivity index (χ4n) is 2.44. The summed E-state index contributed by atoms with van der Waals surface area (Å²) in [5, 5.41) is 13.1. The van der Waals surface area contributed by atoms with Gasteiger partial charge >= 0.3 is 0 Å². The highest BCUT2D eigenvalue weighted by atomic mass is 32.2. The van der Waals surface area contributed by atoms with Gasteiger partial charge in [-0.2, -0.15) is 10.4 Å². The van der Waals surface area contributed by atoms with Gasteiger partial charge in [0.2, 0.25) is 10.0 Å². The molecule has 1 aromatic heterocycles. The Morgan fingerprint density at radius 1 is 1.08 bits per heavy atom. The number of nitrogens with one attached hydrogen (secondary N) is 1. The Hall–Kier alpha value is -3.11. The Balaban J connectivity index is 1.68. The molecule has 0 aliphatic carbocycles. The first-order valence-electron chi connectivity index (χ1n) is 7.60. The van der Waals surface area contributed by atoms with Crippen LogP contribution in [0.25, 0.3) is 0 Å². The van der Waals surface area contributed by atoms with E-state index in [1.807, 2.05) is 12.1 Å². The van der Waals surface area contributed by atoms with E-state index < -0.39 is 10.0 Å². The number of nitriles is 1. The molecule has 0 saturated carbocycles. The van der Waals surface area contributed by atoms with Gasteiger partial charge in [-0.05, 0) is 23.3 Å². The highest BCUT2D eigenvalue weighted by Crippen LogP contribution is 2.13. The molecule has 7 heteroatoms. The Labute approximate surface area is 146 Å². The first-order valence-corrected chi connectivity index (χ1v) is 9.25. The van der Waals surface area contributed by atoms with E-state index in [2.05, 4.69) is 15.9 Å². The van der Waals surface area contributed by atoms with E-state index >= 15 is 0 Å². The molecule has 0 unspecified atom stereocenters. The van der Waals surface area contributed by atoms with Gasteiger partial charge in [-0.25, -0.2) is 8.42 Å². The Morgan fingerprint density at radius 2 is 1.84 bits per heavy atom. The lowest BCUT2D eigenvalue weighted by Crippen LogP contribution is -2.14. The van der Waals surface area contributed by atoms with E-state index in [0.717, 1.165) is 11.1 Å². The zero-order chi connectivity index (χ0) is 17.7. The number of hydrogen-bond donors (Lipinski definition) is 1. The smallest absolute Gasteiger partial charge is 0.237 e. The molecule has 2 aromatic carbocycles. The monoisotopic (exact) mass is 352 g/mol. The summed E-state index contributed by atoms with van der Waals surface area (Å²) >= 11 is 0. The zero-order valence-electron chi connectivity index (χ0n) is 13.3. The van der Waals surface area contributed by atoms with Crippen LogP contribution >= 0.6 is 0 Å². The molecule has 0 spiro atoms. The molecule has 0 radical (unpaired) electrons. The largest absolute Gasteiger partial charge is 0.280 e. The van der Waals surface area contributed by atoms with Crippen molar-refractivity contribution >= 4 is 15.7 Å². The second-order valence-corrected chi connectivity index (χ2v) is 7.31. The van der Waals surface area contributed by atoms with E-state index in [1.54, 1.807) is 53.3 Å². The molecule has 0 atom stereocenters. The van der Waals surface area contributed by atoms with Gasteiger partial charge in [-0.1, -0.05) is 42.5 Å². The molecule has 0 aliphatic heterocycles. The van der Waals surface area contributed by atoms with Crippen molar-refractivity contribution in [1.82, 2.24) is 9.78 Å². The SMILES string of the molecule is N#Cc1cccc(Cn2cc(NS(=O)(=O)Cc3ccccc3)cn2)c1. The molecule has 1 N–H and O–H groups in total. The number of rotatable bonds is 6. The van der Waals surface area contributed by atoms with Crippen LogP contribution in [-0.2, 0) is 22.3 Å². The minimum atomic E-state index is -3.50. The molecule has 3 aromatic rings. The van der Waals surface area contributed by atoms with Crippen LogP contribution in [0.5, 0.6) is 0 Å². The van der Waals surface area contributed by atoms with Crippen molar-refractivity contribution < 1.29 is 8.42 Å². The van der Waals surface area contributed by atoms with Crippen molar-refractivity contribution in [3.63, 3.8) is 0 Å². The fraction of sp³-hybridized carbons (Fsp3) is 0.111.